The van der Waals surface area contributed by atoms with Crippen LogP contribution in [0.25, 0.3) is 0 Å². The minimum absolute atomic E-state index is 0.107. The number of rotatable bonds is 4. The molecule has 0 radical (unpaired) electrons. The van der Waals surface area contributed by atoms with Crippen LogP contribution in [0.4, 0.5) is 5.82 Å². The topological polar surface area (TPSA) is 103 Å². The first-order chi connectivity index (χ1) is 13.3. The predicted octanol–water partition coefficient (Wildman–Crippen LogP) is -0.424. The molecule has 1 aromatic rings. The van der Waals surface area contributed by atoms with Gasteiger partial charge in [0.25, 0.3) is 0 Å². The van der Waals surface area contributed by atoms with Crippen LogP contribution in [-0.2, 0) is 19.0 Å². The molecule has 1 N–H and O–H groups in total. The second kappa shape index (κ2) is 7.58. The number of carbonyl (C=O) groups is 1. The molecular weight excluding hydrogens is 394 g/mol. The van der Waals surface area contributed by atoms with Crippen LogP contribution >= 0.6 is 0 Å². The smallest absolute Gasteiger partial charge is 0.351 e. The third kappa shape index (κ3) is 4.77. The maximum absolute atomic E-state index is 12.6. The Morgan fingerprint density at radius 2 is 1.93 bits per heavy atom. The van der Waals surface area contributed by atoms with Gasteiger partial charge in [0.1, 0.15) is 24.1 Å². The van der Waals surface area contributed by atoms with E-state index in [1.807, 2.05) is 41.5 Å². The Balaban J connectivity index is 1.87. The standard InChI is InChI=1S/C19H31N3O6Si/c1-10(23)22-15-12(29-22)8-21(17(25)20-15)16-13(24)14(28-19(5,6)7)11(27-16)9-26-18(2,3)4/h8,11,13-14,16,24H,9,29H2,1-7H3/t11-,13+,14-,16-/m1/s1. The van der Waals surface area contributed by atoms with Crippen molar-refractivity contribution in [1.29, 1.82) is 0 Å². The molecule has 2 aliphatic heterocycles. The summed E-state index contributed by atoms with van der Waals surface area (Å²) in [6.07, 6.45) is -1.54. The fourth-order valence-electron chi connectivity index (χ4n) is 3.41. The summed E-state index contributed by atoms with van der Waals surface area (Å²) in [7, 11) is -0.975. The van der Waals surface area contributed by atoms with Crippen LogP contribution in [0.5, 0.6) is 0 Å². The van der Waals surface area contributed by atoms with Crippen molar-refractivity contribution in [3.8, 4) is 0 Å². The van der Waals surface area contributed by atoms with E-state index in [1.54, 1.807) is 10.8 Å². The Labute approximate surface area is 172 Å². The number of aliphatic hydroxyl groups is 1. The van der Waals surface area contributed by atoms with E-state index in [0.717, 1.165) is 5.19 Å². The highest BCUT2D eigenvalue weighted by Crippen LogP contribution is 2.34. The summed E-state index contributed by atoms with van der Waals surface area (Å²) in [6, 6.07) is 0. The molecule has 0 saturated carbocycles. The number of hydrogen-bond donors (Lipinski definition) is 1. The van der Waals surface area contributed by atoms with Crippen LogP contribution in [0.1, 0.15) is 54.7 Å². The fourth-order valence-corrected chi connectivity index (χ4v) is 4.79. The maximum Gasteiger partial charge on any atom is 0.351 e. The van der Waals surface area contributed by atoms with Gasteiger partial charge in [0.2, 0.25) is 5.91 Å². The number of carbonyl (C=O) groups excluding carboxylic acids is 1. The SMILES string of the molecule is CC(=O)N1[SiH2]c2cn([C@@H]3O[C@H](COC(C)(C)C)[C@@H](OC(C)(C)C)[C@@H]3O)c(=O)nc21. The summed E-state index contributed by atoms with van der Waals surface area (Å²) in [5, 5.41) is 11.8. The van der Waals surface area contributed by atoms with Gasteiger partial charge in [-0.2, -0.15) is 4.98 Å². The normalized spacial score (nSPS) is 27.8. The van der Waals surface area contributed by atoms with E-state index in [2.05, 4.69) is 4.98 Å². The second-order valence-electron chi connectivity index (χ2n) is 9.56. The van der Waals surface area contributed by atoms with E-state index in [4.69, 9.17) is 14.2 Å². The number of anilines is 1. The molecule has 2 aliphatic rings. The molecule has 1 aromatic heterocycles. The Morgan fingerprint density at radius 1 is 1.28 bits per heavy atom. The lowest BCUT2D eigenvalue weighted by molar-refractivity contribution is -0.138. The van der Waals surface area contributed by atoms with E-state index in [-0.39, 0.29) is 18.1 Å². The fraction of sp³-hybridized carbons (Fsp3) is 0.737. The molecule has 1 fully saturated rings. The van der Waals surface area contributed by atoms with Gasteiger partial charge in [0.05, 0.1) is 17.8 Å². The van der Waals surface area contributed by atoms with E-state index < -0.39 is 45.5 Å². The van der Waals surface area contributed by atoms with Crippen molar-refractivity contribution in [3.05, 3.63) is 16.7 Å². The summed E-state index contributed by atoms with van der Waals surface area (Å²) >= 11 is 0. The van der Waals surface area contributed by atoms with Crippen molar-refractivity contribution in [2.24, 2.45) is 0 Å². The minimum Gasteiger partial charge on any atom is -0.386 e. The number of hydrogen-bond acceptors (Lipinski definition) is 7. The number of amides is 1. The first-order valence-electron chi connectivity index (χ1n) is 9.82. The molecule has 0 unspecified atom stereocenters. The molecule has 9 nitrogen and oxygen atoms in total. The minimum atomic E-state index is -1.06. The first kappa shape index (κ1) is 22.1. The van der Waals surface area contributed by atoms with E-state index >= 15 is 0 Å². The van der Waals surface area contributed by atoms with Gasteiger partial charge in [-0.3, -0.25) is 9.36 Å². The van der Waals surface area contributed by atoms with Gasteiger partial charge >= 0.3 is 5.69 Å². The van der Waals surface area contributed by atoms with Crippen molar-refractivity contribution < 1.29 is 24.1 Å². The van der Waals surface area contributed by atoms with Gasteiger partial charge in [-0.05, 0) is 41.5 Å². The molecule has 3 rings (SSSR count). The lowest BCUT2D eigenvalue weighted by atomic mass is 10.1. The Kier molecular flexibility index (Phi) is 5.78. The van der Waals surface area contributed by atoms with Gasteiger partial charge in [-0.25, -0.2) is 4.79 Å². The van der Waals surface area contributed by atoms with E-state index in [1.165, 1.54) is 11.5 Å². The zero-order valence-electron chi connectivity index (χ0n) is 18.1. The number of nitrogens with zero attached hydrogens (tertiary/aromatic N) is 3. The summed E-state index contributed by atoms with van der Waals surface area (Å²) < 4.78 is 20.8. The number of fused-ring (bicyclic) bond motifs is 1. The molecular formula is C19H31N3O6Si. The highest BCUT2D eigenvalue weighted by atomic mass is 28.2. The molecule has 0 aromatic carbocycles. The molecule has 10 heteroatoms. The summed E-state index contributed by atoms with van der Waals surface area (Å²) in [5.74, 6) is 0.317. The lowest BCUT2D eigenvalue weighted by Gasteiger charge is -2.32. The van der Waals surface area contributed by atoms with Crippen molar-refractivity contribution in [2.45, 2.75) is 84.2 Å². The quantitative estimate of drug-likeness (QED) is 0.653. The zero-order chi connectivity index (χ0) is 21.7. The summed E-state index contributed by atoms with van der Waals surface area (Å²) in [4.78, 5) is 28.2. The number of aromatic nitrogens is 2. The number of aliphatic hydroxyl groups excluding tert-OH is 1. The summed E-state index contributed by atoms with van der Waals surface area (Å²) in [5.41, 5.74) is -1.46. The lowest BCUT2D eigenvalue weighted by Crippen LogP contribution is -2.55. The van der Waals surface area contributed by atoms with Gasteiger partial charge < -0.3 is 23.9 Å². The highest BCUT2D eigenvalue weighted by molar-refractivity contribution is 6.70. The Morgan fingerprint density at radius 3 is 2.48 bits per heavy atom. The van der Waals surface area contributed by atoms with Crippen LogP contribution in [-0.4, -0.2) is 66.4 Å². The molecule has 3 heterocycles. The van der Waals surface area contributed by atoms with Crippen LogP contribution in [0.3, 0.4) is 0 Å². The molecule has 0 aliphatic carbocycles. The molecule has 1 saturated heterocycles. The predicted molar refractivity (Wildman–Crippen MR) is 110 cm³/mol. The molecule has 0 bridgehead atoms. The van der Waals surface area contributed by atoms with Gasteiger partial charge in [0, 0.05) is 18.3 Å². The van der Waals surface area contributed by atoms with Gasteiger partial charge in [-0.1, -0.05) is 0 Å². The van der Waals surface area contributed by atoms with Gasteiger partial charge in [0.15, 0.2) is 15.9 Å². The molecule has 29 heavy (non-hydrogen) atoms. The third-order valence-electron chi connectivity index (χ3n) is 4.72. The molecule has 0 spiro atoms. The van der Waals surface area contributed by atoms with E-state index in [0.29, 0.717) is 5.82 Å². The van der Waals surface area contributed by atoms with Crippen molar-refractivity contribution in [2.75, 3.05) is 11.2 Å². The summed E-state index contributed by atoms with van der Waals surface area (Å²) in [6.45, 7) is 13.2. The van der Waals surface area contributed by atoms with Crippen LogP contribution < -0.4 is 15.4 Å². The largest absolute Gasteiger partial charge is 0.386 e. The maximum atomic E-state index is 12.6. The molecule has 4 atom stereocenters. The molecule has 162 valence electrons. The van der Waals surface area contributed by atoms with Crippen molar-refractivity contribution in [1.82, 2.24) is 9.55 Å². The van der Waals surface area contributed by atoms with Crippen LogP contribution in [0, 0.1) is 0 Å². The average molecular weight is 426 g/mol. The third-order valence-corrected chi connectivity index (χ3v) is 6.62. The highest BCUT2D eigenvalue weighted by Gasteiger charge is 2.48. The van der Waals surface area contributed by atoms with E-state index in [9.17, 15) is 14.7 Å². The second-order valence-corrected chi connectivity index (χ2v) is 11.3. The van der Waals surface area contributed by atoms with Crippen LogP contribution in [0.2, 0.25) is 0 Å². The monoisotopic (exact) mass is 425 g/mol. The average Bonchev–Trinajstić information content (AvgIpc) is 2.83. The first-order valence-corrected chi connectivity index (χ1v) is 11.2. The van der Waals surface area contributed by atoms with Crippen molar-refractivity contribution >= 4 is 26.6 Å². The zero-order valence-corrected chi connectivity index (χ0v) is 19.5. The van der Waals surface area contributed by atoms with Crippen molar-refractivity contribution in [3.63, 3.8) is 0 Å². The number of ether oxygens (including phenoxy) is 3. The molecule has 1 amide bonds. The Bertz CT molecular complexity index is 844. The Hall–Kier alpha value is -1.59. The van der Waals surface area contributed by atoms with Gasteiger partial charge in [-0.15, -0.1) is 0 Å². The van der Waals surface area contributed by atoms with Crippen LogP contribution in [0.15, 0.2) is 11.0 Å².